The fourth-order valence-electron chi connectivity index (χ4n) is 3.99. The van der Waals surface area contributed by atoms with Crippen molar-refractivity contribution in [2.24, 2.45) is 5.92 Å². The van der Waals surface area contributed by atoms with Gasteiger partial charge in [-0.25, -0.2) is 4.79 Å². The Morgan fingerprint density at radius 1 is 1.17 bits per heavy atom. The Morgan fingerprint density at radius 3 is 2.43 bits per heavy atom. The third kappa shape index (κ3) is 3.08. The van der Waals surface area contributed by atoms with E-state index >= 15 is 0 Å². The third-order valence-corrected chi connectivity index (χ3v) is 5.09. The van der Waals surface area contributed by atoms with E-state index < -0.39 is 17.7 Å². The van der Waals surface area contributed by atoms with Gasteiger partial charge in [-0.3, -0.25) is 19.4 Å². The summed E-state index contributed by atoms with van der Waals surface area (Å²) in [5.74, 6) is -0.00267. The van der Waals surface area contributed by atoms with Crippen LogP contribution in [0.15, 0.2) is 0 Å². The minimum absolute atomic E-state index is 0.0731. The molecule has 3 amide bonds. The predicted molar refractivity (Wildman–Crippen MR) is 83.6 cm³/mol. The van der Waals surface area contributed by atoms with Crippen LogP contribution in [0.2, 0.25) is 0 Å². The van der Waals surface area contributed by atoms with Crippen molar-refractivity contribution in [1.29, 1.82) is 0 Å². The van der Waals surface area contributed by atoms with Gasteiger partial charge in [0.15, 0.2) is 0 Å². The number of nitrogens with zero attached hydrogens (tertiary/aromatic N) is 2. The topological polar surface area (TPSA) is 66.9 Å². The van der Waals surface area contributed by atoms with E-state index in [1.54, 1.807) is 4.90 Å². The van der Waals surface area contributed by atoms with Crippen molar-refractivity contribution in [2.75, 3.05) is 6.54 Å². The second kappa shape index (κ2) is 5.80. The van der Waals surface area contributed by atoms with Crippen LogP contribution >= 0.6 is 0 Å². The molecule has 0 aromatic rings. The standard InChI is InChI=1S/C17H26N2O4/c1-17(2,3)23-16(22)19-12-7-5-4-6-11(12)10-13(19)15(21)18-9-8-14(18)20/h11-13H,4-10H2,1-3H3/t11-,12-,13-/m0/s1. The van der Waals surface area contributed by atoms with Gasteiger partial charge in [-0.05, 0) is 46.0 Å². The summed E-state index contributed by atoms with van der Waals surface area (Å²) < 4.78 is 5.54. The van der Waals surface area contributed by atoms with Gasteiger partial charge in [0.2, 0.25) is 5.91 Å². The second-order valence-corrected chi connectivity index (χ2v) is 7.88. The number of imide groups is 1. The van der Waals surface area contributed by atoms with Crippen molar-refractivity contribution in [3.63, 3.8) is 0 Å². The summed E-state index contributed by atoms with van der Waals surface area (Å²) in [5, 5.41) is 0. The lowest BCUT2D eigenvalue weighted by molar-refractivity contribution is -0.155. The summed E-state index contributed by atoms with van der Waals surface area (Å²) in [6.07, 6.45) is 4.85. The van der Waals surface area contributed by atoms with Crippen molar-refractivity contribution < 1.29 is 19.1 Å². The van der Waals surface area contributed by atoms with Crippen LogP contribution in [0.5, 0.6) is 0 Å². The summed E-state index contributed by atoms with van der Waals surface area (Å²) in [6.45, 7) is 5.96. The summed E-state index contributed by atoms with van der Waals surface area (Å²) >= 11 is 0. The lowest BCUT2D eigenvalue weighted by Gasteiger charge is -2.37. The number of hydrogen-bond donors (Lipinski definition) is 0. The van der Waals surface area contributed by atoms with Gasteiger partial charge in [0.25, 0.3) is 5.91 Å². The van der Waals surface area contributed by atoms with Crippen molar-refractivity contribution in [1.82, 2.24) is 9.80 Å². The molecule has 0 spiro atoms. The van der Waals surface area contributed by atoms with E-state index in [1.165, 1.54) is 4.90 Å². The van der Waals surface area contributed by atoms with E-state index in [4.69, 9.17) is 4.74 Å². The van der Waals surface area contributed by atoms with Gasteiger partial charge in [0, 0.05) is 19.0 Å². The Kier molecular flexibility index (Phi) is 4.10. The number of fused-ring (bicyclic) bond motifs is 1. The Balaban J connectivity index is 1.82. The summed E-state index contributed by atoms with van der Waals surface area (Å²) in [5.41, 5.74) is -0.593. The summed E-state index contributed by atoms with van der Waals surface area (Å²) in [7, 11) is 0. The largest absolute Gasteiger partial charge is 0.444 e. The average molecular weight is 322 g/mol. The van der Waals surface area contributed by atoms with Gasteiger partial charge in [-0.1, -0.05) is 12.8 Å². The maximum absolute atomic E-state index is 12.7. The molecule has 23 heavy (non-hydrogen) atoms. The van der Waals surface area contributed by atoms with Crippen LogP contribution in [0.4, 0.5) is 4.79 Å². The quantitative estimate of drug-likeness (QED) is 0.549. The Morgan fingerprint density at radius 2 is 1.87 bits per heavy atom. The lowest BCUT2D eigenvalue weighted by atomic mass is 9.84. The molecule has 0 bridgehead atoms. The van der Waals surface area contributed by atoms with Crippen LogP contribution in [-0.2, 0) is 14.3 Å². The first-order valence-corrected chi connectivity index (χ1v) is 8.63. The van der Waals surface area contributed by atoms with Gasteiger partial charge in [0.05, 0.1) is 0 Å². The van der Waals surface area contributed by atoms with Gasteiger partial charge < -0.3 is 4.74 Å². The van der Waals surface area contributed by atoms with Gasteiger partial charge >= 0.3 is 6.09 Å². The van der Waals surface area contributed by atoms with Crippen LogP contribution in [0, 0.1) is 5.92 Å². The highest BCUT2D eigenvalue weighted by Gasteiger charge is 2.51. The molecule has 3 aliphatic rings. The highest BCUT2D eigenvalue weighted by Crippen LogP contribution is 2.41. The molecule has 128 valence electrons. The van der Waals surface area contributed by atoms with Crippen LogP contribution < -0.4 is 0 Å². The fourth-order valence-corrected chi connectivity index (χ4v) is 3.99. The van der Waals surface area contributed by atoms with Crippen molar-refractivity contribution in [3.8, 4) is 0 Å². The summed E-state index contributed by atoms with van der Waals surface area (Å²) in [4.78, 5) is 40.0. The van der Waals surface area contributed by atoms with E-state index in [1.807, 2.05) is 20.8 Å². The molecule has 1 aliphatic carbocycles. The molecule has 2 aliphatic heterocycles. The number of likely N-dealkylation sites (tertiary alicyclic amines) is 2. The molecule has 0 N–H and O–H groups in total. The van der Waals surface area contributed by atoms with E-state index in [9.17, 15) is 14.4 Å². The first-order valence-electron chi connectivity index (χ1n) is 8.63. The van der Waals surface area contributed by atoms with Crippen molar-refractivity contribution in [2.45, 2.75) is 77.0 Å². The Labute approximate surface area is 137 Å². The molecule has 0 aromatic heterocycles. The normalized spacial score (nSPS) is 30.7. The first kappa shape index (κ1) is 16.3. The smallest absolute Gasteiger partial charge is 0.411 e. The van der Waals surface area contributed by atoms with Crippen molar-refractivity contribution >= 4 is 17.9 Å². The van der Waals surface area contributed by atoms with Gasteiger partial charge in [0.1, 0.15) is 11.6 Å². The summed E-state index contributed by atoms with van der Waals surface area (Å²) in [6, 6.07) is -0.467. The zero-order chi connectivity index (χ0) is 16.8. The number of β-lactam (4-membered cyclic amide) rings is 1. The molecule has 2 heterocycles. The first-order chi connectivity index (χ1) is 10.8. The zero-order valence-electron chi connectivity index (χ0n) is 14.2. The molecule has 6 heteroatoms. The molecule has 0 unspecified atom stereocenters. The Bertz CT molecular complexity index is 525. The van der Waals surface area contributed by atoms with Crippen molar-refractivity contribution in [3.05, 3.63) is 0 Å². The maximum Gasteiger partial charge on any atom is 0.411 e. The molecule has 3 rings (SSSR count). The monoisotopic (exact) mass is 322 g/mol. The Hall–Kier alpha value is -1.59. The fraction of sp³-hybridized carbons (Fsp3) is 0.824. The molecule has 0 aromatic carbocycles. The van der Waals surface area contributed by atoms with Crippen LogP contribution in [0.25, 0.3) is 0 Å². The van der Waals surface area contributed by atoms with Crippen LogP contribution in [-0.4, -0.2) is 51.9 Å². The molecule has 3 atom stereocenters. The van der Waals surface area contributed by atoms with Gasteiger partial charge in [-0.2, -0.15) is 0 Å². The van der Waals surface area contributed by atoms with E-state index in [0.717, 1.165) is 25.7 Å². The highest BCUT2D eigenvalue weighted by molar-refractivity contribution is 6.02. The number of amides is 3. The SMILES string of the molecule is CC(C)(C)OC(=O)N1[C@H](C(=O)N2CCC2=O)C[C@@H]2CCCC[C@@H]21. The lowest BCUT2D eigenvalue weighted by Crippen LogP contribution is -2.56. The number of hydrogen-bond acceptors (Lipinski definition) is 4. The van der Waals surface area contributed by atoms with E-state index in [0.29, 0.717) is 25.3 Å². The van der Waals surface area contributed by atoms with Gasteiger partial charge in [-0.15, -0.1) is 0 Å². The molecular weight excluding hydrogens is 296 g/mol. The zero-order valence-corrected chi connectivity index (χ0v) is 14.2. The number of carbonyl (C=O) groups excluding carboxylic acids is 3. The minimum atomic E-state index is -0.593. The van der Waals surface area contributed by atoms with E-state index in [2.05, 4.69) is 0 Å². The minimum Gasteiger partial charge on any atom is -0.444 e. The number of carbonyl (C=O) groups is 3. The van der Waals surface area contributed by atoms with Crippen LogP contribution in [0.1, 0.15) is 59.3 Å². The number of ether oxygens (including phenoxy) is 1. The highest BCUT2D eigenvalue weighted by atomic mass is 16.6. The molecule has 1 saturated carbocycles. The number of rotatable bonds is 1. The third-order valence-electron chi connectivity index (χ3n) is 5.09. The molecule has 3 fully saturated rings. The maximum atomic E-state index is 12.7. The van der Waals surface area contributed by atoms with Crippen LogP contribution in [0.3, 0.4) is 0 Å². The predicted octanol–water partition coefficient (Wildman–Crippen LogP) is 2.31. The molecule has 2 saturated heterocycles. The molecular formula is C17H26N2O4. The second-order valence-electron chi connectivity index (χ2n) is 7.88. The molecule has 0 radical (unpaired) electrons. The van der Waals surface area contributed by atoms with E-state index in [-0.39, 0.29) is 17.9 Å². The molecule has 6 nitrogen and oxygen atoms in total. The average Bonchev–Trinajstić information content (AvgIpc) is 2.83.